The molecule has 51 heavy (non-hydrogen) atoms. The predicted molar refractivity (Wildman–Crippen MR) is 214 cm³/mol. The van der Waals surface area contributed by atoms with E-state index in [2.05, 4.69) is 156 Å². The van der Waals surface area contributed by atoms with Crippen LogP contribution in [0.1, 0.15) is 52.7 Å². The van der Waals surface area contributed by atoms with Gasteiger partial charge in [0.2, 0.25) is 0 Å². The molecule has 7 aromatic rings. The van der Waals surface area contributed by atoms with E-state index in [9.17, 15) is 0 Å². The maximum Gasteiger partial charge on any atom is 0.137 e. The molecule has 5 aromatic carbocycles. The van der Waals surface area contributed by atoms with Crippen LogP contribution < -0.4 is 9.64 Å². The van der Waals surface area contributed by atoms with Crippen LogP contribution in [-0.2, 0) is 10.8 Å². The molecule has 2 heterocycles. The third-order valence-corrected chi connectivity index (χ3v) is 9.49. The summed E-state index contributed by atoms with van der Waals surface area (Å²) in [7, 11) is 1.72. The molecule has 4 nitrogen and oxygen atoms in total. The Bertz CT molecular complexity index is 2290. The van der Waals surface area contributed by atoms with Gasteiger partial charge >= 0.3 is 0 Å². The summed E-state index contributed by atoms with van der Waals surface area (Å²) >= 11 is 0. The molecule has 0 saturated carbocycles. The molecule has 0 aliphatic rings. The van der Waals surface area contributed by atoms with Gasteiger partial charge in [-0.1, -0.05) is 126 Å². The maximum absolute atomic E-state index is 5.85. The Labute approximate surface area is 302 Å². The number of ether oxygens (including phenoxy) is 1. The second kappa shape index (κ2) is 13.5. The van der Waals surface area contributed by atoms with Crippen molar-refractivity contribution in [1.29, 1.82) is 0 Å². The van der Waals surface area contributed by atoms with Gasteiger partial charge in [-0.15, -0.1) is 0 Å². The van der Waals surface area contributed by atoms with Crippen molar-refractivity contribution >= 4 is 28.0 Å². The van der Waals surface area contributed by atoms with Gasteiger partial charge in [-0.05, 0) is 93.1 Å². The number of methoxy groups -OCH3 is 1. The molecule has 0 radical (unpaired) electrons. The molecule has 0 bridgehead atoms. The molecular formula is C47H45N3O. The maximum atomic E-state index is 5.85. The van der Waals surface area contributed by atoms with Crippen molar-refractivity contribution in [2.24, 2.45) is 0 Å². The summed E-state index contributed by atoms with van der Waals surface area (Å²) in [4.78, 5) is 12.4. The van der Waals surface area contributed by atoms with Crippen LogP contribution in [0.25, 0.3) is 44.4 Å². The first-order valence-corrected chi connectivity index (χ1v) is 17.6. The fraction of sp³-hybridized carbons (Fsp3) is 0.191. The smallest absolute Gasteiger partial charge is 0.137 e. The predicted octanol–water partition coefficient (Wildman–Crippen LogP) is 12.7. The number of fused-ring (bicyclic) bond motifs is 1. The van der Waals surface area contributed by atoms with E-state index in [4.69, 9.17) is 14.7 Å². The lowest BCUT2D eigenvalue weighted by Gasteiger charge is -2.27. The van der Waals surface area contributed by atoms with Gasteiger partial charge < -0.3 is 4.74 Å². The molecule has 0 atom stereocenters. The number of para-hydroxylation sites is 1. The number of hydrogen-bond acceptors (Lipinski definition) is 4. The molecule has 0 aliphatic carbocycles. The highest BCUT2D eigenvalue weighted by Crippen LogP contribution is 2.41. The van der Waals surface area contributed by atoms with Crippen LogP contribution in [0, 0.1) is 0 Å². The zero-order chi connectivity index (χ0) is 35.8. The molecule has 0 amide bonds. The van der Waals surface area contributed by atoms with Crippen molar-refractivity contribution in [1.82, 2.24) is 9.97 Å². The molecule has 7 rings (SSSR count). The molecule has 0 unspecified atom stereocenters. The standard InChI is InChI=1S/C47H45N3O/c1-46(2,3)36-26-34(27-37(31-36)47(4,5)6)35-29-41(49-42(30-35)40-21-10-11-23-44(40)51-7)33-18-14-19-38(28-33)50(45-24-12-13-25-48-45)43-22-15-17-32-16-8-9-20-39(32)43/h8-31H,1-7H3. The van der Waals surface area contributed by atoms with Crippen molar-refractivity contribution in [2.45, 2.75) is 52.4 Å². The van der Waals surface area contributed by atoms with Crippen molar-refractivity contribution in [2.75, 3.05) is 12.0 Å². The summed E-state index contributed by atoms with van der Waals surface area (Å²) in [5.41, 5.74) is 10.6. The minimum atomic E-state index is -0.0117. The monoisotopic (exact) mass is 667 g/mol. The van der Waals surface area contributed by atoms with Crippen molar-refractivity contribution in [3.63, 3.8) is 0 Å². The number of pyridine rings is 2. The van der Waals surface area contributed by atoms with Crippen molar-refractivity contribution < 1.29 is 4.74 Å². The lowest BCUT2D eigenvalue weighted by atomic mass is 9.79. The molecule has 4 heteroatoms. The van der Waals surface area contributed by atoms with E-state index in [1.165, 1.54) is 22.1 Å². The number of benzene rings is 5. The molecule has 0 spiro atoms. The first-order chi connectivity index (χ1) is 24.5. The molecule has 0 N–H and O–H groups in total. The van der Waals surface area contributed by atoms with E-state index in [1.807, 2.05) is 36.5 Å². The number of hydrogen-bond donors (Lipinski definition) is 0. The number of nitrogens with zero attached hydrogens (tertiary/aromatic N) is 3. The molecule has 0 saturated heterocycles. The number of aromatic nitrogens is 2. The van der Waals surface area contributed by atoms with Crippen LogP contribution in [0.3, 0.4) is 0 Å². The largest absolute Gasteiger partial charge is 0.496 e. The highest BCUT2D eigenvalue weighted by molar-refractivity contribution is 5.98. The van der Waals surface area contributed by atoms with Gasteiger partial charge in [0.05, 0.1) is 24.2 Å². The Balaban J connectivity index is 1.45. The van der Waals surface area contributed by atoms with E-state index < -0.39 is 0 Å². The lowest BCUT2D eigenvalue weighted by Crippen LogP contribution is -2.16. The van der Waals surface area contributed by atoms with E-state index >= 15 is 0 Å². The first-order valence-electron chi connectivity index (χ1n) is 17.6. The highest BCUT2D eigenvalue weighted by atomic mass is 16.5. The summed E-state index contributed by atoms with van der Waals surface area (Å²) in [5, 5.41) is 2.33. The lowest BCUT2D eigenvalue weighted by molar-refractivity contribution is 0.416. The van der Waals surface area contributed by atoms with Gasteiger partial charge in [-0.3, -0.25) is 4.90 Å². The Hall–Kier alpha value is -5.74. The Morgan fingerprint density at radius 2 is 1.20 bits per heavy atom. The third-order valence-electron chi connectivity index (χ3n) is 9.49. The second-order valence-corrected chi connectivity index (χ2v) is 15.2. The normalized spacial score (nSPS) is 11.8. The molecule has 254 valence electrons. The molecule has 0 aliphatic heterocycles. The van der Waals surface area contributed by atoms with Gasteiger partial charge in [0, 0.05) is 28.4 Å². The van der Waals surface area contributed by atoms with E-state index in [0.717, 1.165) is 56.4 Å². The van der Waals surface area contributed by atoms with Gasteiger partial charge in [-0.2, -0.15) is 0 Å². The number of rotatable bonds is 7. The summed E-state index contributed by atoms with van der Waals surface area (Å²) in [6.07, 6.45) is 1.85. The van der Waals surface area contributed by atoms with Gasteiger partial charge in [-0.25, -0.2) is 9.97 Å². The zero-order valence-corrected chi connectivity index (χ0v) is 30.6. The average Bonchev–Trinajstić information content (AvgIpc) is 3.14. The third kappa shape index (κ3) is 7.00. The van der Waals surface area contributed by atoms with Crippen LogP contribution in [0.4, 0.5) is 17.2 Å². The van der Waals surface area contributed by atoms with Crippen LogP contribution in [0.15, 0.2) is 146 Å². The van der Waals surface area contributed by atoms with Gasteiger partial charge in [0.25, 0.3) is 0 Å². The van der Waals surface area contributed by atoms with Crippen LogP contribution in [0.2, 0.25) is 0 Å². The topological polar surface area (TPSA) is 38.2 Å². The quantitative estimate of drug-likeness (QED) is 0.170. The zero-order valence-electron chi connectivity index (χ0n) is 30.6. The summed E-state index contributed by atoms with van der Waals surface area (Å²) in [6.45, 7) is 13.7. The van der Waals surface area contributed by atoms with Crippen molar-refractivity contribution in [3.8, 4) is 39.4 Å². The van der Waals surface area contributed by atoms with Crippen LogP contribution >= 0.6 is 0 Å². The van der Waals surface area contributed by atoms with Crippen molar-refractivity contribution in [3.05, 3.63) is 157 Å². The van der Waals surface area contributed by atoms with Gasteiger partial charge in [0.1, 0.15) is 11.6 Å². The van der Waals surface area contributed by atoms with E-state index in [1.54, 1.807) is 7.11 Å². The van der Waals surface area contributed by atoms with Crippen LogP contribution in [0.5, 0.6) is 5.75 Å². The Morgan fingerprint density at radius 1 is 0.549 bits per heavy atom. The fourth-order valence-electron chi connectivity index (χ4n) is 6.59. The fourth-order valence-corrected chi connectivity index (χ4v) is 6.59. The Kier molecular flexibility index (Phi) is 8.95. The molecule has 2 aromatic heterocycles. The van der Waals surface area contributed by atoms with Gasteiger partial charge in [0.15, 0.2) is 0 Å². The summed E-state index contributed by atoms with van der Waals surface area (Å²) in [6, 6.07) is 49.2. The second-order valence-electron chi connectivity index (χ2n) is 15.2. The summed E-state index contributed by atoms with van der Waals surface area (Å²) in [5.74, 6) is 1.63. The SMILES string of the molecule is COc1ccccc1-c1cc(-c2cc(C(C)(C)C)cc(C(C)(C)C)c2)cc(-c2cccc(N(c3ccccn3)c3cccc4ccccc34)c2)n1. The highest BCUT2D eigenvalue weighted by Gasteiger charge is 2.23. The average molecular weight is 668 g/mol. The first kappa shape index (κ1) is 33.7. The minimum Gasteiger partial charge on any atom is -0.496 e. The van der Waals surface area contributed by atoms with E-state index in [-0.39, 0.29) is 10.8 Å². The number of anilines is 3. The van der Waals surface area contributed by atoms with E-state index in [0.29, 0.717) is 0 Å². The summed E-state index contributed by atoms with van der Waals surface area (Å²) < 4.78 is 5.85. The van der Waals surface area contributed by atoms with Crippen LogP contribution in [-0.4, -0.2) is 17.1 Å². The molecular weight excluding hydrogens is 623 g/mol. The minimum absolute atomic E-state index is 0.0117. The molecule has 0 fully saturated rings. The Morgan fingerprint density at radius 3 is 1.92 bits per heavy atom.